The highest BCUT2D eigenvalue weighted by Gasteiger charge is 2.26. The van der Waals surface area contributed by atoms with Crippen molar-refractivity contribution in [2.75, 3.05) is 11.1 Å². The zero-order chi connectivity index (χ0) is 19.4. The Morgan fingerprint density at radius 2 is 1.67 bits per heavy atom. The molecule has 2 N–H and O–H groups in total. The molecule has 140 valence electrons. The minimum absolute atomic E-state index is 0.0379. The number of benzene rings is 2. The fourth-order valence-electron chi connectivity index (χ4n) is 2.82. The van der Waals surface area contributed by atoms with Gasteiger partial charge in [0, 0.05) is 12.1 Å². The molecule has 27 heavy (non-hydrogen) atoms. The number of amides is 3. The number of sulfone groups is 1. The zero-order valence-corrected chi connectivity index (χ0v) is 15.2. The molecule has 0 aliphatic carbocycles. The summed E-state index contributed by atoms with van der Waals surface area (Å²) in [4.78, 5) is 35.2. The molecule has 0 aromatic heterocycles. The molecule has 2 aromatic carbocycles. The van der Waals surface area contributed by atoms with Crippen LogP contribution >= 0.6 is 0 Å². The van der Waals surface area contributed by atoms with Crippen molar-refractivity contribution in [3.8, 4) is 0 Å². The molecule has 0 fully saturated rings. The van der Waals surface area contributed by atoms with Gasteiger partial charge in [0.25, 0.3) is 11.8 Å². The van der Waals surface area contributed by atoms with E-state index in [0.717, 1.165) is 0 Å². The zero-order valence-electron chi connectivity index (χ0n) is 14.4. The fraction of sp³-hybridized carbons (Fsp3) is 0.211. The molecule has 8 heteroatoms. The molecule has 1 aliphatic heterocycles. The van der Waals surface area contributed by atoms with E-state index in [1.807, 2.05) is 6.07 Å². The number of anilines is 1. The van der Waals surface area contributed by atoms with E-state index in [4.69, 9.17) is 0 Å². The van der Waals surface area contributed by atoms with Gasteiger partial charge in [-0.2, -0.15) is 0 Å². The Hall–Kier alpha value is -3.00. The van der Waals surface area contributed by atoms with Crippen molar-refractivity contribution >= 4 is 33.2 Å². The number of carbonyl (C=O) groups is 3. The lowest BCUT2D eigenvalue weighted by atomic mass is 10.1. The molecular weight excluding hydrogens is 368 g/mol. The first kappa shape index (κ1) is 18.8. The average molecular weight is 386 g/mol. The van der Waals surface area contributed by atoms with Gasteiger partial charge < -0.3 is 5.32 Å². The monoisotopic (exact) mass is 386 g/mol. The number of rotatable bonds is 7. The standard InChI is InChI=1S/C19H18N2O5S/c22-17(7-4-10-27(25,26)12-13-5-2-1-3-6-13)20-14-8-9-15-16(11-14)19(24)21-18(15)23/h1-3,5-6,8-9,11H,4,7,10,12H2,(H,20,22)(H,21,23,24). The van der Waals surface area contributed by atoms with E-state index < -0.39 is 21.7 Å². The second-order valence-electron chi connectivity index (χ2n) is 6.27. The van der Waals surface area contributed by atoms with Crippen LogP contribution in [0.2, 0.25) is 0 Å². The van der Waals surface area contributed by atoms with Crippen LogP contribution in [0.3, 0.4) is 0 Å². The largest absolute Gasteiger partial charge is 0.326 e. The third kappa shape index (κ3) is 4.79. The van der Waals surface area contributed by atoms with E-state index in [2.05, 4.69) is 10.6 Å². The van der Waals surface area contributed by atoms with E-state index in [-0.39, 0.29) is 41.4 Å². The summed E-state index contributed by atoms with van der Waals surface area (Å²) in [6, 6.07) is 13.3. The maximum atomic E-state index is 12.1. The van der Waals surface area contributed by atoms with Gasteiger partial charge in [0.05, 0.1) is 22.6 Å². The Morgan fingerprint density at radius 3 is 2.41 bits per heavy atom. The van der Waals surface area contributed by atoms with E-state index >= 15 is 0 Å². The van der Waals surface area contributed by atoms with Crippen LogP contribution in [-0.4, -0.2) is 31.9 Å². The third-order valence-electron chi connectivity index (χ3n) is 4.11. The Balaban J connectivity index is 1.51. The number of imide groups is 1. The van der Waals surface area contributed by atoms with Crippen LogP contribution in [0.25, 0.3) is 0 Å². The molecule has 7 nitrogen and oxygen atoms in total. The molecule has 0 atom stereocenters. The van der Waals surface area contributed by atoms with Crippen molar-refractivity contribution in [2.45, 2.75) is 18.6 Å². The lowest BCUT2D eigenvalue weighted by Crippen LogP contribution is -2.19. The normalized spacial score (nSPS) is 13.2. The van der Waals surface area contributed by atoms with Crippen LogP contribution in [0.1, 0.15) is 39.1 Å². The minimum Gasteiger partial charge on any atom is -0.326 e. The molecule has 1 aliphatic rings. The molecule has 0 saturated carbocycles. The number of hydrogen-bond acceptors (Lipinski definition) is 5. The number of fused-ring (bicyclic) bond motifs is 1. The SMILES string of the molecule is O=C(CCCS(=O)(=O)Cc1ccccc1)Nc1ccc2c(c1)C(=O)NC2=O. The van der Waals surface area contributed by atoms with Crippen molar-refractivity contribution in [2.24, 2.45) is 0 Å². The van der Waals surface area contributed by atoms with Crippen LogP contribution in [0.15, 0.2) is 48.5 Å². The Kier molecular flexibility index (Phi) is 5.36. The van der Waals surface area contributed by atoms with Gasteiger partial charge in [0.2, 0.25) is 5.91 Å². The molecule has 0 radical (unpaired) electrons. The van der Waals surface area contributed by atoms with Crippen molar-refractivity contribution in [3.05, 3.63) is 65.2 Å². The van der Waals surface area contributed by atoms with Gasteiger partial charge in [-0.1, -0.05) is 30.3 Å². The maximum Gasteiger partial charge on any atom is 0.259 e. The van der Waals surface area contributed by atoms with Gasteiger partial charge in [0.15, 0.2) is 9.84 Å². The first-order valence-electron chi connectivity index (χ1n) is 8.38. The maximum absolute atomic E-state index is 12.1. The third-order valence-corrected chi connectivity index (χ3v) is 5.79. The van der Waals surface area contributed by atoms with Crippen LogP contribution in [0.4, 0.5) is 5.69 Å². The highest BCUT2D eigenvalue weighted by atomic mass is 32.2. The Bertz CT molecular complexity index is 1000. The number of carbonyl (C=O) groups excluding carboxylic acids is 3. The minimum atomic E-state index is -3.30. The predicted molar refractivity (Wildman–Crippen MR) is 100 cm³/mol. The Labute approximate surface area is 156 Å². The van der Waals surface area contributed by atoms with Crippen LogP contribution < -0.4 is 10.6 Å². The molecule has 3 amide bonds. The van der Waals surface area contributed by atoms with Crippen molar-refractivity contribution < 1.29 is 22.8 Å². The van der Waals surface area contributed by atoms with Gasteiger partial charge >= 0.3 is 0 Å². The summed E-state index contributed by atoms with van der Waals surface area (Å²) in [5, 5.41) is 4.79. The average Bonchev–Trinajstić information content (AvgIpc) is 2.89. The molecule has 0 saturated heterocycles. The van der Waals surface area contributed by atoms with Gasteiger partial charge in [-0.3, -0.25) is 19.7 Å². The summed E-state index contributed by atoms with van der Waals surface area (Å²) in [7, 11) is -3.30. The van der Waals surface area contributed by atoms with E-state index in [0.29, 0.717) is 11.3 Å². The van der Waals surface area contributed by atoms with E-state index in [1.54, 1.807) is 24.3 Å². The second kappa shape index (κ2) is 7.71. The summed E-state index contributed by atoms with van der Waals surface area (Å²) in [5.74, 6) is -1.45. The van der Waals surface area contributed by atoms with Crippen molar-refractivity contribution in [1.29, 1.82) is 0 Å². The van der Waals surface area contributed by atoms with Gasteiger partial charge in [-0.05, 0) is 30.2 Å². The molecule has 3 rings (SSSR count). The summed E-state index contributed by atoms with van der Waals surface area (Å²) >= 11 is 0. The van der Waals surface area contributed by atoms with Crippen LogP contribution in [-0.2, 0) is 20.4 Å². The lowest BCUT2D eigenvalue weighted by Gasteiger charge is -2.07. The first-order valence-corrected chi connectivity index (χ1v) is 10.2. The van der Waals surface area contributed by atoms with E-state index in [9.17, 15) is 22.8 Å². The molecule has 2 aromatic rings. The highest BCUT2D eigenvalue weighted by molar-refractivity contribution is 7.90. The van der Waals surface area contributed by atoms with Gasteiger partial charge in [0.1, 0.15) is 0 Å². The lowest BCUT2D eigenvalue weighted by molar-refractivity contribution is -0.116. The topological polar surface area (TPSA) is 109 Å². The smallest absolute Gasteiger partial charge is 0.259 e. The molecular formula is C19H18N2O5S. The van der Waals surface area contributed by atoms with Crippen LogP contribution in [0, 0.1) is 0 Å². The summed E-state index contributed by atoms with van der Waals surface area (Å²) < 4.78 is 24.3. The Morgan fingerprint density at radius 1 is 0.963 bits per heavy atom. The van der Waals surface area contributed by atoms with Crippen molar-refractivity contribution in [1.82, 2.24) is 5.32 Å². The molecule has 0 bridgehead atoms. The van der Waals surface area contributed by atoms with Crippen molar-refractivity contribution in [3.63, 3.8) is 0 Å². The highest BCUT2D eigenvalue weighted by Crippen LogP contribution is 2.20. The summed E-state index contributed by atoms with van der Waals surface area (Å²) in [5.41, 5.74) is 1.58. The number of hydrogen-bond donors (Lipinski definition) is 2. The quantitative estimate of drug-likeness (QED) is 0.707. The van der Waals surface area contributed by atoms with E-state index in [1.165, 1.54) is 18.2 Å². The predicted octanol–water partition coefficient (Wildman–Crippen LogP) is 1.90. The summed E-state index contributed by atoms with van der Waals surface area (Å²) in [6.45, 7) is 0. The fourth-order valence-corrected chi connectivity index (χ4v) is 4.25. The van der Waals surface area contributed by atoms with Gasteiger partial charge in [-0.15, -0.1) is 0 Å². The van der Waals surface area contributed by atoms with Crippen LogP contribution in [0.5, 0.6) is 0 Å². The molecule has 0 spiro atoms. The first-order chi connectivity index (χ1) is 12.8. The second-order valence-corrected chi connectivity index (χ2v) is 8.46. The van der Waals surface area contributed by atoms with Gasteiger partial charge in [-0.25, -0.2) is 8.42 Å². The molecule has 0 unspecified atom stereocenters. The summed E-state index contributed by atoms with van der Waals surface area (Å²) in [6.07, 6.45) is 0.237. The molecule has 1 heterocycles. The number of nitrogens with one attached hydrogen (secondary N) is 2.